The number of rotatable bonds is 1. The van der Waals surface area contributed by atoms with Gasteiger partial charge in [-0.2, -0.15) is 0 Å². The fourth-order valence-electron chi connectivity index (χ4n) is 1.53. The zero-order valence-electron chi connectivity index (χ0n) is 7.98. The van der Waals surface area contributed by atoms with Gasteiger partial charge in [0.15, 0.2) is 0 Å². The maximum absolute atomic E-state index is 12.6. The molecule has 0 saturated carbocycles. The Labute approximate surface area is 77.6 Å². The van der Waals surface area contributed by atoms with Crippen molar-refractivity contribution in [1.82, 2.24) is 0 Å². The van der Waals surface area contributed by atoms with Gasteiger partial charge in [-0.25, -0.2) is 8.78 Å². The standard InChI is InChI=1S/C11H14F2/c1-8-6-4-3-5-7-9(2)10(8)11(12)13/h3-4,6,11H,5,7H2,1-2H3/b4-3-,8-6?,10-9?. The van der Waals surface area contributed by atoms with Crippen LogP contribution in [0.4, 0.5) is 8.78 Å². The number of halogens is 2. The summed E-state index contributed by atoms with van der Waals surface area (Å²) < 4.78 is 25.2. The molecule has 1 aliphatic carbocycles. The fourth-order valence-corrected chi connectivity index (χ4v) is 1.53. The Morgan fingerprint density at radius 1 is 1.31 bits per heavy atom. The summed E-state index contributed by atoms with van der Waals surface area (Å²) in [5, 5.41) is 0. The predicted molar refractivity (Wildman–Crippen MR) is 50.8 cm³/mol. The lowest BCUT2D eigenvalue weighted by molar-refractivity contribution is 0.190. The van der Waals surface area contributed by atoms with Crippen molar-refractivity contribution in [2.75, 3.05) is 0 Å². The Hall–Kier alpha value is -0.920. The van der Waals surface area contributed by atoms with E-state index in [1.54, 1.807) is 19.9 Å². The molecule has 0 atom stereocenters. The lowest BCUT2D eigenvalue weighted by Gasteiger charge is -2.13. The molecule has 72 valence electrons. The molecule has 0 unspecified atom stereocenters. The molecule has 13 heavy (non-hydrogen) atoms. The van der Waals surface area contributed by atoms with Crippen LogP contribution in [-0.2, 0) is 0 Å². The van der Waals surface area contributed by atoms with Crippen molar-refractivity contribution in [3.63, 3.8) is 0 Å². The van der Waals surface area contributed by atoms with Crippen LogP contribution < -0.4 is 0 Å². The molecular weight excluding hydrogens is 170 g/mol. The molecule has 0 aliphatic heterocycles. The second kappa shape index (κ2) is 4.35. The Morgan fingerprint density at radius 3 is 2.62 bits per heavy atom. The second-order valence-corrected chi connectivity index (χ2v) is 3.31. The highest BCUT2D eigenvalue weighted by atomic mass is 19.3. The minimum atomic E-state index is -2.34. The van der Waals surface area contributed by atoms with Crippen LogP contribution in [0.15, 0.2) is 34.9 Å². The molecule has 0 N–H and O–H groups in total. The van der Waals surface area contributed by atoms with E-state index in [-0.39, 0.29) is 5.57 Å². The van der Waals surface area contributed by atoms with Crippen molar-refractivity contribution in [2.24, 2.45) is 0 Å². The van der Waals surface area contributed by atoms with E-state index in [2.05, 4.69) is 0 Å². The zero-order chi connectivity index (χ0) is 9.84. The van der Waals surface area contributed by atoms with Crippen LogP contribution in [0.1, 0.15) is 26.7 Å². The summed E-state index contributed by atoms with van der Waals surface area (Å²) in [4.78, 5) is 0. The Morgan fingerprint density at radius 2 is 2.00 bits per heavy atom. The monoisotopic (exact) mass is 184 g/mol. The first-order valence-electron chi connectivity index (χ1n) is 4.44. The van der Waals surface area contributed by atoms with Crippen molar-refractivity contribution >= 4 is 0 Å². The summed E-state index contributed by atoms with van der Waals surface area (Å²) in [6.45, 7) is 3.53. The normalized spacial score (nSPS) is 21.2. The molecule has 0 heterocycles. The van der Waals surface area contributed by atoms with E-state index in [1.807, 2.05) is 12.2 Å². The molecule has 0 bridgehead atoms. The maximum atomic E-state index is 12.6. The SMILES string of the molecule is CC1=C/C=C\CCC(C)=C1C(F)F. The highest BCUT2D eigenvalue weighted by molar-refractivity contribution is 5.38. The lowest BCUT2D eigenvalue weighted by Crippen LogP contribution is -2.03. The summed E-state index contributed by atoms with van der Waals surface area (Å²) in [6, 6.07) is 0. The number of allylic oxidation sites excluding steroid dienone is 6. The van der Waals surface area contributed by atoms with E-state index in [4.69, 9.17) is 0 Å². The van der Waals surface area contributed by atoms with Gasteiger partial charge in [-0.05, 0) is 32.3 Å². The van der Waals surface area contributed by atoms with Crippen molar-refractivity contribution in [3.05, 3.63) is 34.9 Å². The number of hydrogen-bond acceptors (Lipinski definition) is 0. The fraction of sp³-hybridized carbons (Fsp3) is 0.455. The topological polar surface area (TPSA) is 0 Å². The van der Waals surface area contributed by atoms with Crippen molar-refractivity contribution in [2.45, 2.75) is 33.1 Å². The summed E-state index contributed by atoms with van der Waals surface area (Å²) >= 11 is 0. The van der Waals surface area contributed by atoms with E-state index in [9.17, 15) is 8.78 Å². The molecule has 0 radical (unpaired) electrons. The van der Waals surface area contributed by atoms with Crippen LogP contribution in [0.25, 0.3) is 0 Å². The van der Waals surface area contributed by atoms with Crippen molar-refractivity contribution in [3.8, 4) is 0 Å². The second-order valence-electron chi connectivity index (χ2n) is 3.31. The van der Waals surface area contributed by atoms with Gasteiger partial charge in [0.1, 0.15) is 0 Å². The molecule has 0 amide bonds. The molecule has 0 aromatic heterocycles. The first kappa shape index (κ1) is 10.2. The largest absolute Gasteiger partial charge is 0.264 e. The summed E-state index contributed by atoms with van der Waals surface area (Å²) in [5.74, 6) is 0. The van der Waals surface area contributed by atoms with Gasteiger partial charge >= 0.3 is 0 Å². The molecular formula is C11H14F2. The molecule has 0 aromatic rings. The Kier molecular flexibility index (Phi) is 3.40. The van der Waals surface area contributed by atoms with Gasteiger partial charge in [0.2, 0.25) is 0 Å². The van der Waals surface area contributed by atoms with Gasteiger partial charge < -0.3 is 0 Å². The van der Waals surface area contributed by atoms with Crippen molar-refractivity contribution < 1.29 is 8.78 Å². The van der Waals surface area contributed by atoms with Gasteiger partial charge in [-0.15, -0.1) is 0 Å². The van der Waals surface area contributed by atoms with Crippen molar-refractivity contribution in [1.29, 1.82) is 0 Å². The average Bonchev–Trinajstić information content (AvgIpc) is 2.00. The van der Waals surface area contributed by atoms with E-state index >= 15 is 0 Å². The molecule has 0 saturated heterocycles. The van der Waals surface area contributed by atoms with E-state index in [0.717, 1.165) is 18.4 Å². The van der Waals surface area contributed by atoms with Gasteiger partial charge in [0, 0.05) is 5.57 Å². The van der Waals surface area contributed by atoms with E-state index in [0.29, 0.717) is 5.57 Å². The quantitative estimate of drug-likeness (QED) is 0.580. The van der Waals surface area contributed by atoms with Crippen LogP contribution >= 0.6 is 0 Å². The molecule has 0 aromatic carbocycles. The Bertz CT molecular complexity index is 270. The molecule has 0 nitrogen and oxygen atoms in total. The maximum Gasteiger partial charge on any atom is 0.264 e. The van der Waals surface area contributed by atoms with Crippen LogP contribution in [0.2, 0.25) is 0 Å². The zero-order valence-corrected chi connectivity index (χ0v) is 7.98. The average molecular weight is 184 g/mol. The van der Waals surface area contributed by atoms with Gasteiger partial charge in [-0.3, -0.25) is 0 Å². The van der Waals surface area contributed by atoms with Crippen LogP contribution in [0.5, 0.6) is 0 Å². The number of alkyl halides is 2. The summed E-state index contributed by atoms with van der Waals surface area (Å²) in [5.41, 5.74) is 1.72. The third kappa shape index (κ3) is 2.51. The minimum Gasteiger partial charge on any atom is -0.205 e. The smallest absolute Gasteiger partial charge is 0.205 e. The molecule has 0 fully saturated rings. The molecule has 1 rings (SSSR count). The third-order valence-electron chi connectivity index (χ3n) is 2.27. The van der Waals surface area contributed by atoms with Gasteiger partial charge in [0.25, 0.3) is 6.43 Å². The third-order valence-corrected chi connectivity index (χ3v) is 2.27. The summed E-state index contributed by atoms with van der Waals surface area (Å²) in [6.07, 6.45) is 4.86. The highest BCUT2D eigenvalue weighted by Crippen LogP contribution is 2.26. The highest BCUT2D eigenvalue weighted by Gasteiger charge is 2.16. The van der Waals surface area contributed by atoms with E-state index < -0.39 is 6.43 Å². The molecule has 1 aliphatic rings. The Balaban J connectivity index is 3.06. The van der Waals surface area contributed by atoms with E-state index in [1.165, 1.54) is 0 Å². The van der Waals surface area contributed by atoms with Crippen LogP contribution in [0.3, 0.4) is 0 Å². The van der Waals surface area contributed by atoms with Gasteiger partial charge in [-0.1, -0.05) is 23.8 Å². The first-order chi connectivity index (χ1) is 6.13. The van der Waals surface area contributed by atoms with Crippen LogP contribution in [-0.4, -0.2) is 6.43 Å². The first-order valence-corrected chi connectivity index (χ1v) is 4.44. The minimum absolute atomic E-state index is 0.226. The molecule has 2 heteroatoms. The predicted octanol–water partition coefficient (Wildman–Crippen LogP) is 3.86. The lowest BCUT2D eigenvalue weighted by atomic mass is 9.97. The summed E-state index contributed by atoms with van der Waals surface area (Å²) in [7, 11) is 0. The molecule has 0 spiro atoms. The number of hydrogen-bond donors (Lipinski definition) is 0. The van der Waals surface area contributed by atoms with Crippen LogP contribution in [0, 0.1) is 0 Å². The van der Waals surface area contributed by atoms with Gasteiger partial charge in [0.05, 0.1) is 0 Å².